The molecule has 0 saturated carbocycles. The van der Waals surface area contributed by atoms with Gasteiger partial charge in [0.05, 0.1) is 4.90 Å². The number of rotatable bonds is 2. The maximum atomic E-state index is 12.7. The van der Waals surface area contributed by atoms with Gasteiger partial charge in [0.2, 0.25) is 10.0 Å². The van der Waals surface area contributed by atoms with Gasteiger partial charge in [-0.1, -0.05) is 31.5 Å². The van der Waals surface area contributed by atoms with Crippen LogP contribution in [-0.2, 0) is 10.0 Å². The van der Waals surface area contributed by atoms with E-state index in [0.29, 0.717) is 29.8 Å². The van der Waals surface area contributed by atoms with Crippen LogP contribution < -0.4 is 0 Å². The lowest BCUT2D eigenvalue weighted by Gasteiger charge is -2.34. The lowest BCUT2D eigenvalue weighted by atomic mass is 9.94. The maximum Gasteiger partial charge on any atom is 0.243 e. The van der Waals surface area contributed by atoms with Gasteiger partial charge in [-0.15, -0.1) is 0 Å². The highest BCUT2D eigenvalue weighted by molar-refractivity contribution is 7.89. The Morgan fingerprint density at radius 3 is 2.21 bits per heavy atom. The summed E-state index contributed by atoms with van der Waals surface area (Å²) in [5.74, 6) is 0.869. The van der Waals surface area contributed by atoms with Crippen LogP contribution in [0.5, 0.6) is 0 Å². The summed E-state index contributed by atoms with van der Waals surface area (Å²) in [5, 5.41) is 0. The van der Waals surface area contributed by atoms with E-state index in [2.05, 4.69) is 13.8 Å². The molecule has 19 heavy (non-hydrogen) atoms. The zero-order valence-corrected chi connectivity index (χ0v) is 13.0. The molecule has 3 nitrogen and oxygen atoms in total. The monoisotopic (exact) mass is 281 g/mol. The van der Waals surface area contributed by atoms with Gasteiger partial charge >= 0.3 is 0 Å². The average Bonchev–Trinajstić information content (AvgIpc) is 2.26. The molecule has 1 saturated heterocycles. The quantitative estimate of drug-likeness (QED) is 0.835. The topological polar surface area (TPSA) is 37.4 Å². The molecule has 1 fully saturated rings. The van der Waals surface area contributed by atoms with Crippen molar-refractivity contribution in [2.24, 2.45) is 11.8 Å². The first-order valence-corrected chi connectivity index (χ1v) is 8.32. The van der Waals surface area contributed by atoms with Crippen LogP contribution in [-0.4, -0.2) is 25.8 Å². The summed E-state index contributed by atoms with van der Waals surface area (Å²) in [6, 6.07) is 5.55. The molecule has 0 radical (unpaired) electrons. The number of hydrogen-bond acceptors (Lipinski definition) is 2. The van der Waals surface area contributed by atoms with Crippen LogP contribution in [0.1, 0.15) is 31.4 Å². The summed E-state index contributed by atoms with van der Waals surface area (Å²) >= 11 is 0. The maximum absolute atomic E-state index is 12.7. The van der Waals surface area contributed by atoms with E-state index >= 15 is 0 Å². The number of aryl methyl sites for hydroxylation is 2. The molecule has 0 bridgehead atoms. The predicted octanol–water partition coefficient (Wildman–Crippen LogP) is 2.97. The molecule has 2 rings (SSSR count). The first-order valence-electron chi connectivity index (χ1n) is 6.88. The van der Waals surface area contributed by atoms with Crippen molar-refractivity contribution in [3.63, 3.8) is 0 Å². The number of sulfonamides is 1. The first-order chi connectivity index (χ1) is 8.80. The van der Waals surface area contributed by atoms with Gasteiger partial charge in [-0.25, -0.2) is 8.42 Å². The number of hydrogen-bond donors (Lipinski definition) is 0. The molecule has 0 amide bonds. The van der Waals surface area contributed by atoms with Gasteiger partial charge in [0, 0.05) is 13.1 Å². The Morgan fingerprint density at radius 2 is 1.68 bits per heavy atom. The summed E-state index contributed by atoms with van der Waals surface area (Å²) in [6.45, 7) is 9.38. The Bertz CT molecular complexity index is 556. The Labute approximate surface area is 116 Å². The molecule has 4 heteroatoms. The van der Waals surface area contributed by atoms with Crippen molar-refractivity contribution in [3.05, 3.63) is 29.3 Å². The molecule has 1 aromatic carbocycles. The van der Waals surface area contributed by atoms with Crippen molar-refractivity contribution in [3.8, 4) is 0 Å². The van der Waals surface area contributed by atoms with Crippen LogP contribution in [0, 0.1) is 25.7 Å². The molecular formula is C15H23NO2S. The Hall–Kier alpha value is -0.870. The van der Waals surface area contributed by atoms with E-state index in [1.807, 2.05) is 26.0 Å². The van der Waals surface area contributed by atoms with Crippen LogP contribution in [0.4, 0.5) is 0 Å². The van der Waals surface area contributed by atoms with Crippen molar-refractivity contribution in [2.45, 2.75) is 39.0 Å². The molecule has 0 aromatic heterocycles. The number of piperidine rings is 1. The van der Waals surface area contributed by atoms with Gasteiger partial charge in [0.25, 0.3) is 0 Å². The van der Waals surface area contributed by atoms with Crippen LogP contribution in [0.25, 0.3) is 0 Å². The molecule has 106 valence electrons. The van der Waals surface area contributed by atoms with Crippen LogP contribution in [0.15, 0.2) is 23.1 Å². The molecule has 2 atom stereocenters. The zero-order chi connectivity index (χ0) is 14.2. The van der Waals surface area contributed by atoms with Gasteiger partial charge in [-0.3, -0.25) is 0 Å². The molecule has 0 spiro atoms. The highest BCUT2D eigenvalue weighted by atomic mass is 32.2. The standard InChI is InChI=1S/C15H23NO2S/c1-11-5-6-15(14(4)8-11)19(17,18)16-9-12(2)7-13(3)10-16/h5-6,8,12-13H,7,9-10H2,1-4H3/t12-,13-/m1/s1. The van der Waals surface area contributed by atoms with E-state index in [4.69, 9.17) is 0 Å². The third-order valence-corrected chi connectivity index (χ3v) is 5.78. The normalized spacial score (nSPS) is 25.5. The summed E-state index contributed by atoms with van der Waals surface area (Å²) in [7, 11) is -3.34. The van der Waals surface area contributed by atoms with Gasteiger partial charge in [-0.05, 0) is 43.7 Å². The van der Waals surface area contributed by atoms with E-state index < -0.39 is 10.0 Å². The fourth-order valence-electron chi connectivity index (χ4n) is 3.03. The van der Waals surface area contributed by atoms with Crippen molar-refractivity contribution in [1.82, 2.24) is 4.31 Å². The second kappa shape index (κ2) is 5.25. The van der Waals surface area contributed by atoms with E-state index in [0.717, 1.165) is 17.5 Å². The molecule has 1 aliphatic rings. The van der Waals surface area contributed by atoms with Crippen LogP contribution in [0.3, 0.4) is 0 Å². The summed E-state index contributed by atoms with van der Waals surface area (Å²) in [6.07, 6.45) is 1.11. The number of benzene rings is 1. The lowest BCUT2D eigenvalue weighted by Crippen LogP contribution is -2.42. The Morgan fingerprint density at radius 1 is 1.11 bits per heavy atom. The third-order valence-electron chi connectivity index (χ3n) is 3.78. The second-order valence-corrected chi connectivity index (χ2v) is 7.94. The van der Waals surface area contributed by atoms with E-state index in [1.165, 1.54) is 0 Å². The van der Waals surface area contributed by atoms with Crippen molar-refractivity contribution in [2.75, 3.05) is 13.1 Å². The van der Waals surface area contributed by atoms with Crippen LogP contribution >= 0.6 is 0 Å². The molecule has 0 N–H and O–H groups in total. The van der Waals surface area contributed by atoms with Gasteiger partial charge in [0.1, 0.15) is 0 Å². The summed E-state index contributed by atoms with van der Waals surface area (Å²) in [5.41, 5.74) is 1.93. The fraction of sp³-hybridized carbons (Fsp3) is 0.600. The largest absolute Gasteiger partial charge is 0.243 e. The molecule has 0 aliphatic carbocycles. The lowest BCUT2D eigenvalue weighted by molar-refractivity contribution is 0.222. The van der Waals surface area contributed by atoms with E-state index in [9.17, 15) is 8.42 Å². The summed E-state index contributed by atoms with van der Waals surface area (Å²) in [4.78, 5) is 0.458. The minimum atomic E-state index is -3.34. The third kappa shape index (κ3) is 3.00. The smallest absolute Gasteiger partial charge is 0.207 e. The molecule has 0 unspecified atom stereocenters. The Balaban J connectivity index is 2.36. The van der Waals surface area contributed by atoms with Gasteiger partial charge in [-0.2, -0.15) is 4.31 Å². The van der Waals surface area contributed by atoms with Crippen LogP contribution in [0.2, 0.25) is 0 Å². The van der Waals surface area contributed by atoms with E-state index in [1.54, 1.807) is 10.4 Å². The second-order valence-electron chi connectivity index (χ2n) is 6.04. The first kappa shape index (κ1) is 14.5. The Kier molecular flexibility index (Phi) is 4.02. The highest BCUT2D eigenvalue weighted by Crippen LogP contribution is 2.28. The SMILES string of the molecule is Cc1ccc(S(=O)(=O)N2C[C@H](C)C[C@@H](C)C2)c(C)c1. The van der Waals surface area contributed by atoms with Crippen molar-refractivity contribution in [1.29, 1.82) is 0 Å². The number of nitrogens with zero attached hydrogens (tertiary/aromatic N) is 1. The molecule has 1 aromatic rings. The minimum Gasteiger partial charge on any atom is -0.207 e. The van der Waals surface area contributed by atoms with Gasteiger partial charge in [0.15, 0.2) is 0 Å². The molecule has 1 heterocycles. The van der Waals surface area contributed by atoms with Gasteiger partial charge < -0.3 is 0 Å². The molecular weight excluding hydrogens is 258 g/mol. The van der Waals surface area contributed by atoms with E-state index in [-0.39, 0.29) is 0 Å². The highest BCUT2D eigenvalue weighted by Gasteiger charge is 2.32. The predicted molar refractivity (Wildman–Crippen MR) is 77.6 cm³/mol. The average molecular weight is 281 g/mol. The minimum absolute atomic E-state index is 0.435. The fourth-order valence-corrected chi connectivity index (χ4v) is 4.92. The van der Waals surface area contributed by atoms with Crippen molar-refractivity contribution >= 4 is 10.0 Å². The van der Waals surface area contributed by atoms with Crippen molar-refractivity contribution < 1.29 is 8.42 Å². The zero-order valence-electron chi connectivity index (χ0n) is 12.2. The summed E-state index contributed by atoms with van der Waals surface area (Å²) < 4.78 is 27.1. The molecule has 1 aliphatic heterocycles.